The number of aromatic nitrogens is 1. The van der Waals surface area contributed by atoms with Gasteiger partial charge in [0.1, 0.15) is 21.7 Å². The van der Waals surface area contributed by atoms with E-state index in [1.807, 2.05) is 0 Å². The molecule has 5 nitrogen and oxygen atoms in total. The lowest BCUT2D eigenvalue weighted by atomic mass is 9.95. The third-order valence-electron chi connectivity index (χ3n) is 4.44. The minimum atomic E-state index is -0.604. The molecule has 1 aromatic carbocycles. The largest absolute Gasteiger partial charge is 0.352 e. The van der Waals surface area contributed by atoms with Crippen LogP contribution < -0.4 is 10.2 Å². The molecule has 0 bridgehead atoms. The van der Waals surface area contributed by atoms with Crippen molar-refractivity contribution in [1.82, 2.24) is 9.69 Å². The fraction of sp³-hybridized carbons (Fsp3) is 0.389. The van der Waals surface area contributed by atoms with Gasteiger partial charge in [-0.15, -0.1) is 0 Å². The Morgan fingerprint density at radius 3 is 2.63 bits per heavy atom. The van der Waals surface area contributed by atoms with Gasteiger partial charge in [0.2, 0.25) is 5.91 Å². The van der Waals surface area contributed by atoms with Gasteiger partial charge in [0.05, 0.1) is 0 Å². The lowest BCUT2D eigenvalue weighted by molar-refractivity contribution is -0.120. The molecular formula is C18H18Cl2FN3O2S. The summed E-state index contributed by atoms with van der Waals surface area (Å²) in [6, 6.07) is 5.58. The Balaban J connectivity index is 1.82. The van der Waals surface area contributed by atoms with Crippen molar-refractivity contribution in [3.63, 3.8) is 0 Å². The van der Waals surface area contributed by atoms with Gasteiger partial charge in [0, 0.05) is 11.7 Å². The maximum Gasteiger partial charge on any atom is 0.280 e. The summed E-state index contributed by atoms with van der Waals surface area (Å²) in [5, 5.41) is 2.98. The Morgan fingerprint density at radius 1 is 1.26 bits per heavy atom. The van der Waals surface area contributed by atoms with E-state index in [-0.39, 0.29) is 39.2 Å². The first-order valence-electron chi connectivity index (χ1n) is 8.63. The second-order valence-corrected chi connectivity index (χ2v) is 8.15. The third-order valence-corrected chi connectivity index (χ3v) is 6.05. The molecule has 27 heavy (non-hydrogen) atoms. The van der Waals surface area contributed by atoms with Crippen LogP contribution in [0.5, 0.6) is 0 Å². The van der Waals surface area contributed by atoms with E-state index >= 15 is 0 Å². The zero-order chi connectivity index (χ0) is 19.4. The first-order chi connectivity index (χ1) is 13.0. The summed E-state index contributed by atoms with van der Waals surface area (Å²) in [4.78, 5) is 26.6. The number of nitrogens with zero attached hydrogens (tertiary/aromatic N) is 2. The van der Waals surface area contributed by atoms with Crippen LogP contribution in [0, 0.1) is 5.82 Å². The maximum absolute atomic E-state index is 13.7. The summed E-state index contributed by atoms with van der Waals surface area (Å²) in [5.74, 6) is -1.43. The summed E-state index contributed by atoms with van der Waals surface area (Å²) in [7, 11) is 0. The van der Waals surface area contributed by atoms with Crippen molar-refractivity contribution >= 4 is 52.2 Å². The van der Waals surface area contributed by atoms with Crippen LogP contribution in [-0.4, -0.2) is 28.8 Å². The lowest BCUT2D eigenvalue weighted by Crippen LogP contribution is -2.45. The number of benzene rings is 1. The number of hydrogen-bond donors (Lipinski definition) is 1. The van der Waals surface area contributed by atoms with E-state index in [1.54, 1.807) is 6.07 Å². The molecule has 9 heteroatoms. The molecule has 1 aliphatic rings. The van der Waals surface area contributed by atoms with Crippen LogP contribution >= 0.6 is 34.7 Å². The number of anilines is 1. The van der Waals surface area contributed by atoms with Gasteiger partial charge < -0.3 is 5.32 Å². The van der Waals surface area contributed by atoms with Crippen LogP contribution in [0.2, 0.25) is 9.36 Å². The molecule has 1 aromatic heterocycles. The van der Waals surface area contributed by atoms with Gasteiger partial charge in [-0.3, -0.25) is 14.5 Å². The molecule has 1 saturated carbocycles. The highest BCUT2D eigenvalue weighted by molar-refractivity contribution is 7.11. The number of rotatable bonds is 5. The van der Waals surface area contributed by atoms with Crippen molar-refractivity contribution in [2.75, 3.05) is 11.4 Å². The molecule has 0 radical (unpaired) electrons. The molecule has 0 atom stereocenters. The zero-order valence-electron chi connectivity index (χ0n) is 14.4. The predicted octanol–water partition coefficient (Wildman–Crippen LogP) is 4.68. The van der Waals surface area contributed by atoms with E-state index in [2.05, 4.69) is 9.69 Å². The molecular weight excluding hydrogens is 412 g/mol. The van der Waals surface area contributed by atoms with Crippen LogP contribution in [0.15, 0.2) is 24.3 Å². The second-order valence-electron chi connectivity index (χ2n) is 6.39. The Hall–Kier alpha value is -1.70. The van der Waals surface area contributed by atoms with Gasteiger partial charge in [-0.2, -0.15) is 4.37 Å². The number of carbonyl (C=O) groups excluding carboxylic acids is 2. The van der Waals surface area contributed by atoms with Crippen LogP contribution in [0.3, 0.4) is 0 Å². The van der Waals surface area contributed by atoms with Crippen LogP contribution in [-0.2, 0) is 4.79 Å². The first kappa shape index (κ1) is 20.0. The van der Waals surface area contributed by atoms with E-state index in [0.717, 1.165) is 37.2 Å². The molecule has 1 fully saturated rings. The minimum Gasteiger partial charge on any atom is -0.352 e. The third kappa shape index (κ3) is 4.97. The zero-order valence-corrected chi connectivity index (χ0v) is 16.7. The van der Waals surface area contributed by atoms with Gasteiger partial charge in [0.15, 0.2) is 5.69 Å². The molecule has 0 saturated heterocycles. The lowest BCUT2D eigenvalue weighted by Gasteiger charge is -2.26. The van der Waals surface area contributed by atoms with Gasteiger partial charge in [0.25, 0.3) is 5.91 Å². The first-order valence-corrected chi connectivity index (χ1v) is 10.2. The van der Waals surface area contributed by atoms with E-state index in [4.69, 9.17) is 23.2 Å². The Labute approximate surface area is 170 Å². The molecule has 3 rings (SSSR count). The van der Waals surface area contributed by atoms with Crippen LogP contribution in [0.25, 0.3) is 0 Å². The molecule has 2 aromatic rings. The molecule has 1 N–H and O–H groups in total. The smallest absolute Gasteiger partial charge is 0.280 e. The van der Waals surface area contributed by atoms with Gasteiger partial charge in [-0.05, 0) is 42.6 Å². The summed E-state index contributed by atoms with van der Waals surface area (Å²) < 4.78 is 17.8. The Morgan fingerprint density at radius 2 is 2.00 bits per heavy atom. The molecule has 0 aliphatic heterocycles. The summed E-state index contributed by atoms with van der Waals surface area (Å²) >= 11 is 12.8. The van der Waals surface area contributed by atoms with Crippen molar-refractivity contribution in [2.24, 2.45) is 0 Å². The molecule has 0 unspecified atom stereocenters. The quantitative estimate of drug-likeness (QED) is 0.749. The number of halogens is 3. The highest BCUT2D eigenvalue weighted by Gasteiger charge is 2.27. The fourth-order valence-corrected chi connectivity index (χ4v) is 4.10. The standard InChI is InChI=1S/C18H18Cl2FN3O2S/c19-15-16(23-27-17(15)20)18(26)24(13-8-4-5-11(21)9-13)10-14(25)22-12-6-2-1-3-7-12/h4-5,8-9,12H,1-3,6-7,10H2,(H,22,25). The average Bonchev–Trinajstić information content (AvgIpc) is 2.99. The average molecular weight is 430 g/mol. The molecule has 1 aliphatic carbocycles. The van der Waals surface area contributed by atoms with Crippen molar-refractivity contribution in [2.45, 2.75) is 38.1 Å². The van der Waals surface area contributed by atoms with Crippen molar-refractivity contribution in [3.8, 4) is 0 Å². The van der Waals surface area contributed by atoms with Crippen molar-refractivity contribution in [3.05, 3.63) is 45.1 Å². The normalized spacial score (nSPS) is 14.8. The highest BCUT2D eigenvalue weighted by atomic mass is 35.5. The minimum absolute atomic E-state index is 0.0285. The molecule has 0 spiro atoms. The molecule has 1 heterocycles. The molecule has 144 valence electrons. The maximum atomic E-state index is 13.7. The van der Waals surface area contributed by atoms with Crippen LogP contribution in [0.1, 0.15) is 42.6 Å². The fourth-order valence-electron chi connectivity index (χ4n) is 3.11. The SMILES string of the molecule is O=C(CN(C(=O)c1nsc(Cl)c1Cl)c1cccc(F)c1)NC1CCCCC1. The topological polar surface area (TPSA) is 62.3 Å². The van der Waals surface area contributed by atoms with Gasteiger partial charge in [-0.1, -0.05) is 48.5 Å². The Kier molecular flexibility index (Phi) is 6.68. The van der Waals surface area contributed by atoms with E-state index in [9.17, 15) is 14.0 Å². The van der Waals surface area contributed by atoms with Crippen molar-refractivity contribution in [1.29, 1.82) is 0 Å². The number of nitrogens with one attached hydrogen (secondary N) is 1. The summed E-state index contributed by atoms with van der Waals surface area (Å²) in [5.41, 5.74) is 0.195. The predicted molar refractivity (Wildman–Crippen MR) is 105 cm³/mol. The highest BCUT2D eigenvalue weighted by Crippen LogP contribution is 2.31. The summed E-state index contributed by atoms with van der Waals surface area (Å²) in [6.07, 6.45) is 5.17. The summed E-state index contributed by atoms with van der Waals surface area (Å²) in [6.45, 7) is -0.260. The van der Waals surface area contributed by atoms with Crippen LogP contribution in [0.4, 0.5) is 10.1 Å². The van der Waals surface area contributed by atoms with E-state index in [0.29, 0.717) is 0 Å². The second kappa shape index (κ2) is 8.99. The van der Waals surface area contributed by atoms with Gasteiger partial charge in [-0.25, -0.2) is 4.39 Å². The molecule has 2 amide bonds. The van der Waals surface area contributed by atoms with E-state index < -0.39 is 11.7 Å². The Bertz CT molecular complexity index is 840. The van der Waals surface area contributed by atoms with E-state index in [1.165, 1.54) is 29.5 Å². The number of amides is 2. The van der Waals surface area contributed by atoms with Crippen molar-refractivity contribution < 1.29 is 14.0 Å². The number of carbonyl (C=O) groups is 2. The number of hydrogen-bond acceptors (Lipinski definition) is 4. The monoisotopic (exact) mass is 429 g/mol. The van der Waals surface area contributed by atoms with Gasteiger partial charge >= 0.3 is 0 Å².